The number of halogens is 2. The van der Waals surface area contributed by atoms with E-state index in [2.05, 4.69) is 16.4 Å². The van der Waals surface area contributed by atoms with E-state index in [0.29, 0.717) is 38.4 Å². The van der Waals surface area contributed by atoms with Gasteiger partial charge in [-0.3, -0.25) is 19.2 Å². The number of benzene rings is 2. The molecule has 1 fully saturated rings. The summed E-state index contributed by atoms with van der Waals surface area (Å²) in [5.74, 6) is -2.97. The lowest BCUT2D eigenvalue weighted by atomic mass is 9.83. The number of aromatic nitrogens is 3. The van der Waals surface area contributed by atoms with Crippen LogP contribution in [0.1, 0.15) is 56.7 Å². The number of hydrogen-bond acceptors (Lipinski definition) is 15. The SMILES string of the molecule is CC(=O)OC[C@H]1O[C@@H](n2cc(COc3ccc4c(c3)OC(N)=C(C#N)C4c3ccc(Cl)cc3Cl)nn2)[C@H](OC(C)=O)[C@@H](OC(C)=O)[C@@H]1OC(C)=O. The standard InChI is InChI=1S/C33H31Cl2N5O11/c1-15(41)45-14-27-29(47-16(2)42)30(48-17(3)43)31(49-18(4)44)33(51-27)40-12-20(38-39-40)13-46-21-6-8-23-26(10-21)50-32(37)24(11-36)28(23)22-7-5-19(34)9-25(22)35/h5-10,12,27-31,33H,13-14,37H2,1-4H3/t27-,28?,29-,30+,31-,33-/m1/s1. The Hall–Kier alpha value is -5.37. The maximum absolute atomic E-state index is 12.2. The van der Waals surface area contributed by atoms with Crippen molar-refractivity contribution in [2.45, 2.75) is 70.9 Å². The van der Waals surface area contributed by atoms with Crippen LogP contribution in [0.2, 0.25) is 10.0 Å². The highest BCUT2D eigenvalue weighted by Gasteiger charge is 2.53. The molecule has 268 valence electrons. The molecule has 2 aliphatic rings. The van der Waals surface area contributed by atoms with Crippen molar-refractivity contribution in [2.75, 3.05) is 6.61 Å². The van der Waals surface area contributed by atoms with Gasteiger partial charge < -0.3 is 38.9 Å². The molecule has 0 radical (unpaired) electrons. The second kappa shape index (κ2) is 15.7. The summed E-state index contributed by atoms with van der Waals surface area (Å²) in [6, 6.07) is 12.0. The molecule has 6 atom stereocenters. The van der Waals surface area contributed by atoms with E-state index in [1.807, 2.05) is 0 Å². The largest absolute Gasteiger partial charge is 0.487 e. The number of hydrogen-bond donors (Lipinski definition) is 1. The van der Waals surface area contributed by atoms with Crippen LogP contribution in [0.4, 0.5) is 0 Å². The Balaban J connectivity index is 1.40. The van der Waals surface area contributed by atoms with Crippen molar-refractivity contribution in [2.24, 2.45) is 5.73 Å². The fourth-order valence-electron chi connectivity index (χ4n) is 5.66. The molecule has 2 N–H and O–H groups in total. The average molecular weight is 745 g/mol. The van der Waals surface area contributed by atoms with Crippen molar-refractivity contribution in [3.05, 3.63) is 80.9 Å². The molecule has 1 aromatic heterocycles. The van der Waals surface area contributed by atoms with E-state index in [4.69, 9.17) is 62.1 Å². The zero-order valence-electron chi connectivity index (χ0n) is 27.5. The Morgan fingerprint density at radius 2 is 1.59 bits per heavy atom. The highest BCUT2D eigenvalue weighted by molar-refractivity contribution is 6.35. The average Bonchev–Trinajstić information content (AvgIpc) is 3.52. The molecule has 3 aromatic rings. The van der Waals surface area contributed by atoms with Gasteiger partial charge in [0.05, 0.1) is 12.1 Å². The van der Waals surface area contributed by atoms with Gasteiger partial charge in [-0.2, -0.15) is 5.26 Å². The van der Waals surface area contributed by atoms with Gasteiger partial charge in [0, 0.05) is 49.4 Å². The minimum absolute atomic E-state index is 0.0917. The molecule has 0 bridgehead atoms. The van der Waals surface area contributed by atoms with Crippen molar-refractivity contribution in [3.8, 4) is 17.6 Å². The van der Waals surface area contributed by atoms with Crippen LogP contribution < -0.4 is 15.2 Å². The first-order chi connectivity index (χ1) is 24.2. The second-order valence-electron chi connectivity index (χ2n) is 11.4. The molecule has 1 saturated heterocycles. The number of ether oxygens (including phenoxy) is 7. The predicted octanol–water partition coefficient (Wildman–Crippen LogP) is 3.64. The number of fused-ring (bicyclic) bond motifs is 1. The van der Waals surface area contributed by atoms with Crippen LogP contribution in [-0.4, -0.2) is 69.9 Å². The summed E-state index contributed by atoms with van der Waals surface area (Å²) in [6.45, 7) is 4.03. The maximum Gasteiger partial charge on any atom is 0.303 e. The van der Waals surface area contributed by atoms with Crippen LogP contribution in [0, 0.1) is 11.3 Å². The summed E-state index contributed by atoms with van der Waals surface area (Å²) in [7, 11) is 0. The van der Waals surface area contributed by atoms with Gasteiger partial charge in [-0.1, -0.05) is 40.5 Å². The Labute approximate surface area is 300 Å². The molecule has 0 amide bonds. The minimum atomic E-state index is -1.39. The molecule has 1 unspecified atom stereocenters. The second-order valence-corrected chi connectivity index (χ2v) is 12.2. The minimum Gasteiger partial charge on any atom is -0.487 e. The molecule has 2 aromatic carbocycles. The molecule has 16 nitrogen and oxygen atoms in total. The van der Waals surface area contributed by atoms with Gasteiger partial charge in [0.25, 0.3) is 0 Å². The van der Waals surface area contributed by atoms with Crippen LogP contribution in [-0.2, 0) is 49.5 Å². The number of rotatable bonds is 10. The molecule has 5 rings (SSSR count). The lowest BCUT2D eigenvalue weighted by Gasteiger charge is -2.44. The first-order valence-electron chi connectivity index (χ1n) is 15.3. The first-order valence-corrected chi connectivity index (χ1v) is 16.0. The summed E-state index contributed by atoms with van der Waals surface area (Å²) in [6.07, 6.45) is -5.11. The third kappa shape index (κ3) is 8.51. The Kier molecular flexibility index (Phi) is 11.3. The van der Waals surface area contributed by atoms with Crippen LogP contribution in [0.15, 0.2) is 54.1 Å². The van der Waals surface area contributed by atoms with E-state index in [-0.39, 0.29) is 18.1 Å². The Bertz CT molecular complexity index is 1930. The van der Waals surface area contributed by atoms with E-state index in [1.54, 1.807) is 36.4 Å². The maximum atomic E-state index is 12.2. The summed E-state index contributed by atoms with van der Waals surface area (Å²) < 4.78 is 40.6. The normalized spacial score (nSPS) is 22.5. The van der Waals surface area contributed by atoms with Gasteiger partial charge in [-0.05, 0) is 23.8 Å². The van der Waals surface area contributed by atoms with Crippen LogP contribution >= 0.6 is 23.2 Å². The molecular weight excluding hydrogens is 713 g/mol. The van der Waals surface area contributed by atoms with Gasteiger partial charge in [0.2, 0.25) is 5.88 Å². The fourth-order valence-corrected chi connectivity index (χ4v) is 6.18. The number of nitrogens with zero attached hydrogens (tertiary/aromatic N) is 4. The number of allylic oxidation sites excluding steroid dienone is 1. The van der Waals surface area contributed by atoms with Gasteiger partial charge in [-0.25, -0.2) is 4.68 Å². The van der Waals surface area contributed by atoms with E-state index in [1.165, 1.54) is 17.8 Å². The van der Waals surface area contributed by atoms with Crippen molar-refractivity contribution in [3.63, 3.8) is 0 Å². The monoisotopic (exact) mass is 743 g/mol. The molecule has 3 heterocycles. The van der Waals surface area contributed by atoms with Crippen LogP contribution in [0.25, 0.3) is 0 Å². The molecule has 51 heavy (non-hydrogen) atoms. The zero-order valence-corrected chi connectivity index (χ0v) is 29.0. The lowest BCUT2D eigenvalue weighted by molar-refractivity contribution is -0.270. The van der Waals surface area contributed by atoms with E-state index in [0.717, 1.165) is 20.8 Å². The number of esters is 4. The predicted molar refractivity (Wildman–Crippen MR) is 174 cm³/mol. The van der Waals surface area contributed by atoms with Gasteiger partial charge in [0.15, 0.2) is 24.5 Å². The molecule has 0 saturated carbocycles. The van der Waals surface area contributed by atoms with Crippen molar-refractivity contribution in [1.82, 2.24) is 15.0 Å². The van der Waals surface area contributed by atoms with Crippen LogP contribution in [0.3, 0.4) is 0 Å². The summed E-state index contributed by atoms with van der Waals surface area (Å²) in [5.41, 5.74) is 7.83. The fraction of sp³-hybridized carbons (Fsp3) is 0.364. The van der Waals surface area contributed by atoms with E-state index < -0.39 is 67.0 Å². The van der Waals surface area contributed by atoms with Gasteiger partial charge >= 0.3 is 23.9 Å². The topological polar surface area (TPSA) is 213 Å². The lowest BCUT2D eigenvalue weighted by Crippen LogP contribution is -2.60. The van der Waals surface area contributed by atoms with E-state index in [9.17, 15) is 24.4 Å². The first kappa shape index (κ1) is 36.9. The van der Waals surface area contributed by atoms with Crippen molar-refractivity contribution in [1.29, 1.82) is 5.26 Å². The summed E-state index contributed by atoms with van der Waals surface area (Å²) >= 11 is 12.6. The van der Waals surface area contributed by atoms with E-state index >= 15 is 0 Å². The number of carbonyl (C=O) groups excluding carboxylic acids is 4. The third-order valence-electron chi connectivity index (χ3n) is 7.64. The number of nitriles is 1. The van der Waals surface area contributed by atoms with Crippen molar-refractivity contribution >= 4 is 47.1 Å². The van der Waals surface area contributed by atoms with Gasteiger partial charge in [0.1, 0.15) is 48.2 Å². The smallest absolute Gasteiger partial charge is 0.303 e. The third-order valence-corrected chi connectivity index (χ3v) is 8.20. The quantitative estimate of drug-likeness (QED) is 0.232. The number of nitrogens with two attached hydrogens (primary N) is 1. The summed E-state index contributed by atoms with van der Waals surface area (Å²) in [4.78, 5) is 48.0. The molecule has 0 aliphatic carbocycles. The highest BCUT2D eigenvalue weighted by atomic mass is 35.5. The van der Waals surface area contributed by atoms with Crippen LogP contribution in [0.5, 0.6) is 11.5 Å². The van der Waals surface area contributed by atoms with Gasteiger partial charge in [-0.15, -0.1) is 5.10 Å². The highest BCUT2D eigenvalue weighted by Crippen LogP contribution is 2.45. The molecular formula is C33H31Cl2N5O11. The number of carbonyl (C=O) groups is 4. The molecule has 2 aliphatic heterocycles. The Morgan fingerprint density at radius 1 is 0.922 bits per heavy atom. The van der Waals surface area contributed by atoms with Crippen molar-refractivity contribution < 1.29 is 52.3 Å². The zero-order chi connectivity index (χ0) is 37.0. The Morgan fingerprint density at radius 3 is 2.24 bits per heavy atom. The summed E-state index contributed by atoms with van der Waals surface area (Å²) in [5, 5.41) is 18.9. The molecule has 0 spiro atoms. The molecule has 18 heteroatoms.